The number of hydrogen-bond donors (Lipinski definition) is 1. The van der Waals surface area contributed by atoms with Crippen LogP contribution < -0.4 is 10.2 Å². The Balaban J connectivity index is 1.38. The third-order valence-electron chi connectivity index (χ3n) is 5.48. The molecule has 1 aliphatic rings. The topological polar surface area (TPSA) is 76.4 Å². The fourth-order valence-corrected chi connectivity index (χ4v) is 3.85. The summed E-state index contributed by atoms with van der Waals surface area (Å²) in [4.78, 5) is 28.8. The summed E-state index contributed by atoms with van der Waals surface area (Å²) in [6.07, 6.45) is 0.981. The van der Waals surface area contributed by atoms with Gasteiger partial charge in [-0.1, -0.05) is 24.3 Å². The molecule has 0 bridgehead atoms. The van der Waals surface area contributed by atoms with Gasteiger partial charge in [0.25, 0.3) is 0 Å². The molecular formula is C26H23FN4O2. The third kappa shape index (κ3) is 5.55. The number of carbonyl (C=O) groups excluding carboxylic acids is 2. The van der Waals surface area contributed by atoms with Crippen molar-refractivity contribution in [1.29, 1.82) is 5.26 Å². The fraction of sp³-hybridized carbons (Fsp3) is 0.192. The Morgan fingerprint density at radius 3 is 2.48 bits per heavy atom. The summed E-state index contributed by atoms with van der Waals surface area (Å²) in [5.74, 6) is -0.537. The highest BCUT2D eigenvalue weighted by atomic mass is 19.1. The number of nitrogens with one attached hydrogen (secondary N) is 1. The van der Waals surface area contributed by atoms with Crippen molar-refractivity contribution >= 4 is 23.3 Å². The predicted octanol–water partition coefficient (Wildman–Crippen LogP) is 4.71. The van der Waals surface area contributed by atoms with Crippen LogP contribution in [0.1, 0.15) is 23.1 Å². The lowest BCUT2D eigenvalue weighted by atomic mass is 10.1. The van der Waals surface area contributed by atoms with Gasteiger partial charge in [0.05, 0.1) is 18.1 Å². The molecule has 3 aromatic rings. The van der Waals surface area contributed by atoms with E-state index >= 15 is 0 Å². The first-order valence-electron chi connectivity index (χ1n) is 10.7. The van der Waals surface area contributed by atoms with Gasteiger partial charge in [-0.2, -0.15) is 5.26 Å². The molecule has 33 heavy (non-hydrogen) atoms. The van der Waals surface area contributed by atoms with E-state index in [1.165, 1.54) is 12.1 Å². The van der Waals surface area contributed by atoms with E-state index in [0.717, 1.165) is 23.2 Å². The van der Waals surface area contributed by atoms with E-state index in [4.69, 9.17) is 5.26 Å². The Bertz CT molecular complexity index is 1190. The van der Waals surface area contributed by atoms with Gasteiger partial charge in [-0.15, -0.1) is 0 Å². The first-order valence-corrected chi connectivity index (χ1v) is 10.7. The number of anilines is 2. The van der Waals surface area contributed by atoms with Crippen molar-refractivity contribution in [3.8, 4) is 6.07 Å². The van der Waals surface area contributed by atoms with Gasteiger partial charge in [0.2, 0.25) is 5.91 Å². The Labute approximate surface area is 191 Å². The molecule has 0 aromatic heterocycles. The maximum Gasteiger partial charge on any atom is 0.324 e. The largest absolute Gasteiger partial charge is 0.326 e. The molecule has 6 nitrogen and oxygen atoms in total. The molecule has 0 unspecified atom stereocenters. The predicted molar refractivity (Wildman–Crippen MR) is 124 cm³/mol. The number of amides is 3. The van der Waals surface area contributed by atoms with Crippen LogP contribution in [0.5, 0.6) is 0 Å². The fourth-order valence-electron chi connectivity index (χ4n) is 3.85. The summed E-state index contributed by atoms with van der Waals surface area (Å²) in [6.45, 7) is 1.72. The molecule has 0 atom stereocenters. The van der Waals surface area contributed by atoms with E-state index in [9.17, 15) is 14.0 Å². The quantitative estimate of drug-likeness (QED) is 0.601. The van der Waals surface area contributed by atoms with Gasteiger partial charge in [0.15, 0.2) is 0 Å². The van der Waals surface area contributed by atoms with Crippen LogP contribution in [0.15, 0.2) is 72.8 Å². The lowest BCUT2D eigenvalue weighted by molar-refractivity contribution is -0.115. The normalized spacial score (nSPS) is 13.5. The molecule has 3 amide bonds. The van der Waals surface area contributed by atoms with Crippen LogP contribution in [0.2, 0.25) is 0 Å². The Morgan fingerprint density at radius 2 is 1.76 bits per heavy atom. The lowest BCUT2D eigenvalue weighted by Gasteiger charge is -2.35. The molecule has 7 heteroatoms. The zero-order valence-corrected chi connectivity index (χ0v) is 18.0. The molecule has 3 aromatic carbocycles. The molecule has 1 N–H and O–H groups in total. The summed E-state index contributed by atoms with van der Waals surface area (Å²) in [6, 6.07) is 22.3. The van der Waals surface area contributed by atoms with Crippen molar-refractivity contribution in [1.82, 2.24) is 4.90 Å². The SMILES string of the molecule is N#Cc1cccc(CN2CCCN(c3ccc(NC(=O)Cc4ccc(F)cc4)cc3)C2=O)c1. The summed E-state index contributed by atoms with van der Waals surface area (Å²) >= 11 is 0. The Kier molecular flexibility index (Phi) is 6.65. The average Bonchev–Trinajstić information content (AvgIpc) is 2.83. The number of urea groups is 1. The highest BCUT2D eigenvalue weighted by molar-refractivity contribution is 5.94. The van der Waals surface area contributed by atoms with Gasteiger partial charge in [-0.3, -0.25) is 9.69 Å². The summed E-state index contributed by atoms with van der Waals surface area (Å²) < 4.78 is 13.0. The minimum absolute atomic E-state index is 0.0864. The van der Waals surface area contributed by atoms with Gasteiger partial charge >= 0.3 is 6.03 Å². The minimum Gasteiger partial charge on any atom is -0.326 e. The second-order valence-electron chi connectivity index (χ2n) is 7.92. The zero-order valence-electron chi connectivity index (χ0n) is 18.0. The van der Waals surface area contributed by atoms with Crippen molar-refractivity contribution < 1.29 is 14.0 Å². The second-order valence-corrected chi connectivity index (χ2v) is 7.92. The van der Waals surface area contributed by atoms with E-state index < -0.39 is 0 Å². The highest BCUT2D eigenvalue weighted by Crippen LogP contribution is 2.23. The molecule has 1 saturated heterocycles. The number of halogens is 1. The number of nitrogens with zero attached hydrogens (tertiary/aromatic N) is 3. The first-order chi connectivity index (χ1) is 16.0. The molecule has 0 spiro atoms. The maximum absolute atomic E-state index is 13.1. The molecule has 0 saturated carbocycles. The van der Waals surface area contributed by atoms with Crippen molar-refractivity contribution in [2.24, 2.45) is 0 Å². The van der Waals surface area contributed by atoms with Crippen LogP contribution >= 0.6 is 0 Å². The van der Waals surface area contributed by atoms with Crippen molar-refractivity contribution in [3.05, 3.63) is 95.3 Å². The van der Waals surface area contributed by atoms with E-state index in [1.807, 2.05) is 24.3 Å². The van der Waals surface area contributed by atoms with E-state index in [0.29, 0.717) is 30.9 Å². The zero-order chi connectivity index (χ0) is 23.2. The molecule has 166 valence electrons. The van der Waals surface area contributed by atoms with E-state index in [2.05, 4.69) is 11.4 Å². The third-order valence-corrected chi connectivity index (χ3v) is 5.48. The van der Waals surface area contributed by atoms with Crippen LogP contribution in [0, 0.1) is 17.1 Å². The maximum atomic E-state index is 13.1. The minimum atomic E-state index is -0.337. The number of benzene rings is 3. The Hall–Kier alpha value is -4.18. The summed E-state index contributed by atoms with van der Waals surface area (Å²) in [5, 5.41) is 11.9. The van der Waals surface area contributed by atoms with Crippen LogP contribution in [-0.2, 0) is 17.8 Å². The number of nitriles is 1. The molecule has 1 aliphatic heterocycles. The molecule has 0 aliphatic carbocycles. The standard InChI is InChI=1S/C26H23FN4O2/c27-22-7-5-19(6-8-22)16-25(32)29-23-9-11-24(12-10-23)31-14-2-13-30(26(31)33)18-21-4-1-3-20(15-21)17-28/h1,3-12,15H,2,13-14,16,18H2,(H,29,32). The summed E-state index contributed by atoms with van der Waals surface area (Å²) in [5.41, 5.74) is 3.60. The lowest BCUT2D eigenvalue weighted by Crippen LogP contribution is -2.49. The van der Waals surface area contributed by atoms with Gasteiger partial charge in [0.1, 0.15) is 5.82 Å². The van der Waals surface area contributed by atoms with Crippen LogP contribution in [0.25, 0.3) is 0 Å². The van der Waals surface area contributed by atoms with Gasteiger partial charge in [-0.25, -0.2) is 9.18 Å². The Morgan fingerprint density at radius 1 is 1.00 bits per heavy atom. The summed E-state index contributed by atoms with van der Waals surface area (Å²) in [7, 11) is 0. The monoisotopic (exact) mass is 442 g/mol. The van der Waals surface area contributed by atoms with Crippen molar-refractivity contribution in [2.45, 2.75) is 19.4 Å². The number of rotatable bonds is 6. The van der Waals surface area contributed by atoms with Gasteiger partial charge in [-0.05, 0) is 66.1 Å². The van der Waals surface area contributed by atoms with Crippen molar-refractivity contribution in [2.75, 3.05) is 23.3 Å². The number of carbonyl (C=O) groups is 2. The molecule has 4 rings (SSSR count). The van der Waals surface area contributed by atoms with Gasteiger partial charge in [0, 0.05) is 31.0 Å². The first kappa shape index (κ1) is 22.0. The van der Waals surface area contributed by atoms with Crippen molar-refractivity contribution in [3.63, 3.8) is 0 Å². The molecular weight excluding hydrogens is 419 g/mol. The second kappa shape index (κ2) is 9.96. The smallest absolute Gasteiger partial charge is 0.324 e. The molecule has 1 heterocycles. The van der Waals surface area contributed by atoms with E-state index in [1.54, 1.807) is 46.2 Å². The van der Waals surface area contributed by atoms with Crippen LogP contribution in [-0.4, -0.2) is 29.9 Å². The van der Waals surface area contributed by atoms with E-state index in [-0.39, 0.29) is 24.2 Å². The average molecular weight is 442 g/mol. The molecule has 0 radical (unpaired) electrons. The highest BCUT2D eigenvalue weighted by Gasteiger charge is 2.26. The van der Waals surface area contributed by atoms with Gasteiger partial charge < -0.3 is 10.2 Å². The molecule has 1 fully saturated rings. The number of hydrogen-bond acceptors (Lipinski definition) is 3. The van der Waals surface area contributed by atoms with Crippen LogP contribution in [0.3, 0.4) is 0 Å². The van der Waals surface area contributed by atoms with Crippen LogP contribution in [0.4, 0.5) is 20.6 Å².